The maximum Gasteiger partial charge on any atom is 0.0688 e. The van der Waals surface area contributed by atoms with Gasteiger partial charge in [0.15, 0.2) is 0 Å². The number of hydrogen-bond donors (Lipinski definition) is 2. The molecule has 0 radical (unpaired) electrons. The minimum atomic E-state index is -0.224. The lowest BCUT2D eigenvalue weighted by molar-refractivity contribution is 0.283. The summed E-state index contributed by atoms with van der Waals surface area (Å²) in [5.41, 5.74) is 0.809. The van der Waals surface area contributed by atoms with E-state index in [1.54, 1.807) is 6.07 Å². The first kappa shape index (κ1) is 7.67. The van der Waals surface area contributed by atoms with Crippen molar-refractivity contribution in [2.75, 3.05) is 0 Å². The number of benzene rings is 1. The maximum absolute atomic E-state index is 8.77. The third-order valence-electron chi connectivity index (χ3n) is 1.31. The van der Waals surface area contributed by atoms with Gasteiger partial charge in [-0.15, -0.1) is 0 Å². The van der Waals surface area contributed by atoms with Crippen LogP contribution in [0, 0.1) is 0 Å². The molecule has 0 amide bonds. The zero-order chi connectivity index (χ0) is 7.40. The highest BCUT2D eigenvalue weighted by molar-refractivity contribution is 7.41. The van der Waals surface area contributed by atoms with Crippen LogP contribution in [0.25, 0.3) is 0 Å². The topological polar surface area (TPSA) is 40.5 Å². The van der Waals surface area contributed by atoms with Crippen LogP contribution in [0.3, 0.4) is 0 Å². The standard InChI is InChI=1S/C7H9O2P/c8-5-6-3-1-2-4-7(6)10-9/h1-4,8-10H,5H2. The molecule has 0 aliphatic heterocycles. The minimum Gasteiger partial charge on any atom is -0.392 e. The van der Waals surface area contributed by atoms with E-state index in [2.05, 4.69) is 0 Å². The van der Waals surface area contributed by atoms with E-state index in [0.29, 0.717) is 0 Å². The third kappa shape index (κ3) is 1.54. The highest BCUT2D eigenvalue weighted by Crippen LogP contribution is 2.07. The largest absolute Gasteiger partial charge is 0.392 e. The lowest BCUT2D eigenvalue weighted by Gasteiger charge is -2.00. The monoisotopic (exact) mass is 156 g/mol. The van der Waals surface area contributed by atoms with Crippen LogP contribution < -0.4 is 5.30 Å². The molecule has 0 aliphatic rings. The van der Waals surface area contributed by atoms with E-state index in [9.17, 15) is 0 Å². The first-order valence-electron chi connectivity index (χ1n) is 2.97. The molecule has 1 unspecified atom stereocenters. The third-order valence-corrected chi connectivity index (χ3v) is 2.04. The Hall–Kier alpha value is -0.430. The Labute approximate surface area is 61.4 Å². The van der Waals surface area contributed by atoms with Crippen LogP contribution in [0.2, 0.25) is 0 Å². The van der Waals surface area contributed by atoms with E-state index in [4.69, 9.17) is 10.00 Å². The van der Waals surface area contributed by atoms with Gasteiger partial charge in [0.25, 0.3) is 0 Å². The van der Waals surface area contributed by atoms with Gasteiger partial charge >= 0.3 is 0 Å². The maximum atomic E-state index is 8.77. The molecular formula is C7H9O2P. The molecule has 0 fully saturated rings. The molecular weight excluding hydrogens is 147 g/mol. The molecule has 54 valence electrons. The summed E-state index contributed by atoms with van der Waals surface area (Å²) < 4.78 is 0. The predicted molar refractivity (Wildman–Crippen MR) is 42.5 cm³/mol. The van der Waals surface area contributed by atoms with Crippen LogP contribution in [-0.2, 0) is 6.61 Å². The van der Waals surface area contributed by atoms with Crippen LogP contribution in [0.4, 0.5) is 0 Å². The molecule has 0 spiro atoms. The molecule has 2 N–H and O–H groups in total. The molecule has 2 nitrogen and oxygen atoms in total. The van der Waals surface area contributed by atoms with Gasteiger partial charge in [-0.05, 0) is 5.56 Å². The fourth-order valence-electron chi connectivity index (χ4n) is 0.767. The highest BCUT2D eigenvalue weighted by atomic mass is 31.1. The number of hydrogen-bond acceptors (Lipinski definition) is 2. The first-order valence-corrected chi connectivity index (χ1v) is 3.92. The first-order chi connectivity index (χ1) is 4.88. The van der Waals surface area contributed by atoms with E-state index in [1.165, 1.54) is 0 Å². The van der Waals surface area contributed by atoms with Gasteiger partial charge in [0.2, 0.25) is 0 Å². The van der Waals surface area contributed by atoms with Crippen molar-refractivity contribution >= 4 is 14.1 Å². The summed E-state index contributed by atoms with van der Waals surface area (Å²) in [6.07, 6.45) is 0. The Balaban J connectivity index is 2.96. The van der Waals surface area contributed by atoms with Crippen LogP contribution >= 0.6 is 8.81 Å². The van der Waals surface area contributed by atoms with Gasteiger partial charge in [0, 0.05) is 14.1 Å². The fourth-order valence-corrected chi connectivity index (χ4v) is 1.24. The van der Waals surface area contributed by atoms with E-state index in [-0.39, 0.29) is 15.4 Å². The van der Waals surface area contributed by atoms with Gasteiger partial charge in [-0.1, -0.05) is 24.3 Å². The molecule has 0 saturated carbocycles. The van der Waals surface area contributed by atoms with Gasteiger partial charge in [-0.25, -0.2) is 0 Å². The van der Waals surface area contributed by atoms with Gasteiger partial charge in [-0.2, -0.15) is 0 Å². The van der Waals surface area contributed by atoms with E-state index < -0.39 is 0 Å². The van der Waals surface area contributed by atoms with E-state index in [0.717, 1.165) is 10.9 Å². The molecule has 0 aliphatic carbocycles. The number of rotatable bonds is 2. The summed E-state index contributed by atoms with van der Waals surface area (Å²) in [6, 6.07) is 7.30. The van der Waals surface area contributed by atoms with Crippen molar-refractivity contribution in [1.29, 1.82) is 0 Å². The Bertz CT molecular complexity index is 190. The van der Waals surface area contributed by atoms with E-state index in [1.807, 2.05) is 18.2 Å². The predicted octanol–water partition coefficient (Wildman–Crippen LogP) is 0.390. The number of aliphatic hydroxyl groups is 1. The summed E-state index contributed by atoms with van der Waals surface area (Å²) in [7, 11) is -0.224. The number of aliphatic hydroxyl groups excluding tert-OH is 1. The van der Waals surface area contributed by atoms with Crippen molar-refractivity contribution in [3.63, 3.8) is 0 Å². The van der Waals surface area contributed by atoms with Crippen LogP contribution in [-0.4, -0.2) is 10.00 Å². The zero-order valence-electron chi connectivity index (χ0n) is 5.41. The molecule has 1 aromatic rings. The Morgan fingerprint density at radius 3 is 2.50 bits per heavy atom. The lowest BCUT2D eigenvalue weighted by atomic mass is 10.2. The van der Waals surface area contributed by atoms with Crippen molar-refractivity contribution in [1.82, 2.24) is 0 Å². The van der Waals surface area contributed by atoms with Crippen LogP contribution in [0.5, 0.6) is 0 Å². The average Bonchev–Trinajstić information content (AvgIpc) is 2.04. The van der Waals surface area contributed by atoms with Crippen LogP contribution in [0.15, 0.2) is 24.3 Å². The molecule has 3 heteroatoms. The summed E-state index contributed by atoms with van der Waals surface area (Å²) in [5, 5.41) is 9.57. The Morgan fingerprint density at radius 1 is 1.30 bits per heavy atom. The molecule has 1 aromatic carbocycles. The Kier molecular flexibility index (Phi) is 2.82. The molecule has 1 atom stereocenters. The molecule has 10 heavy (non-hydrogen) atoms. The smallest absolute Gasteiger partial charge is 0.0688 e. The molecule has 1 rings (SSSR count). The zero-order valence-corrected chi connectivity index (χ0v) is 6.41. The van der Waals surface area contributed by atoms with Crippen molar-refractivity contribution in [2.24, 2.45) is 0 Å². The normalized spacial score (nSPS) is 11.0. The summed E-state index contributed by atoms with van der Waals surface area (Å²) in [5.74, 6) is 0. The van der Waals surface area contributed by atoms with E-state index >= 15 is 0 Å². The second-order valence-electron chi connectivity index (χ2n) is 1.93. The second kappa shape index (κ2) is 3.67. The quantitative estimate of drug-likeness (QED) is 0.608. The molecule has 0 aromatic heterocycles. The fraction of sp³-hybridized carbons (Fsp3) is 0.143. The summed E-state index contributed by atoms with van der Waals surface area (Å²) in [4.78, 5) is 8.77. The average molecular weight is 156 g/mol. The van der Waals surface area contributed by atoms with Gasteiger partial charge in [0.05, 0.1) is 6.61 Å². The summed E-state index contributed by atoms with van der Waals surface area (Å²) in [6.45, 7) is 0.00370. The van der Waals surface area contributed by atoms with Crippen molar-refractivity contribution in [3.05, 3.63) is 29.8 Å². The van der Waals surface area contributed by atoms with Crippen LogP contribution in [0.1, 0.15) is 5.56 Å². The molecule has 0 bridgehead atoms. The Morgan fingerprint density at radius 2 is 2.00 bits per heavy atom. The second-order valence-corrected chi connectivity index (χ2v) is 2.69. The SMILES string of the molecule is OCc1ccccc1PO. The lowest BCUT2D eigenvalue weighted by Crippen LogP contribution is -2.02. The van der Waals surface area contributed by atoms with Crippen molar-refractivity contribution in [2.45, 2.75) is 6.61 Å². The minimum absolute atomic E-state index is 0.00370. The van der Waals surface area contributed by atoms with Gasteiger partial charge < -0.3 is 10.00 Å². The van der Waals surface area contributed by atoms with Gasteiger partial charge in [-0.3, -0.25) is 0 Å². The highest BCUT2D eigenvalue weighted by Gasteiger charge is 1.96. The van der Waals surface area contributed by atoms with Crippen molar-refractivity contribution < 1.29 is 10.00 Å². The summed E-state index contributed by atoms with van der Waals surface area (Å²) >= 11 is 0. The molecule has 0 saturated heterocycles. The van der Waals surface area contributed by atoms with Crippen molar-refractivity contribution in [3.8, 4) is 0 Å². The molecule has 0 heterocycles. The van der Waals surface area contributed by atoms with Gasteiger partial charge in [0.1, 0.15) is 0 Å².